The van der Waals surface area contributed by atoms with Crippen LogP contribution in [0.25, 0.3) is 22.8 Å². The van der Waals surface area contributed by atoms with Gasteiger partial charge in [0.05, 0.1) is 22.7 Å². The van der Waals surface area contributed by atoms with E-state index in [0.717, 1.165) is 29.4 Å². The Morgan fingerprint density at radius 1 is 1.13 bits per heavy atom. The number of nitrogens with zero attached hydrogens (tertiary/aromatic N) is 4. The van der Waals surface area contributed by atoms with Crippen molar-refractivity contribution in [3.63, 3.8) is 0 Å². The fraction of sp³-hybridized carbons (Fsp3) is 0.381. The van der Waals surface area contributed by atoms with Crippen molar-refractivity contribution >= 4 is 32.9 Å². The summed E-state index contributed by atoms with van der Waals surface area (Å²) in [6, 6.07) is 7.88. The first-order chi connectivity index (χ1) is 14.2. The average molecular weight is 430 g/mol. The number of para-hydroxylation sites is 1. The fourth-order valence-electron chi connectivity index (χ4n) is 3.43. The SMILES string of the molecule is CCCCCS(=O)(=O)NC(=O)C=Cc1c(C)nn(C)c1-n1nc(C)c2ccccc21. The Morgan fingerprint density at radius 3 is 2.60 bits per heavy atom. The lowest BCUT2D eigenvalue weighted by molar-refractivity contribution is -0.114. The number of aromatic nitrogens is 4. The maximum absolute atomic E-state index is 12.2. The minimum absolute atomic E-state index is 0.0594. The lowest BCUT2D eigenvalue weighted by Crippen LogP contribution is -2.31. The Kier molecular flexibility index (Phi) is 6.40. The molecule has 0 saturated heterocycles. The number of hydrogen-bond acceptors (Lipinski definition) is 5. The molecule has 160 valence electrons. The van der Waals surface area contributed by atoms with Crippen LogP contribution in [0.3, 0.4) is 0 Å². The van der Waals surface area contributed by atoms with Crippen molar-refractivity contribution in [2.24, 2.45) is 7.05 Å². The summed E-state index contributed by atoms with van der Waals surface area (Å²) in [4.78, 5) is 12.2. The number of fused-ring (bicyclic) bond motifs is 1. The van der Waals surface area contributed by atoms with Crippen molar-refractivity contribution in [3.05, 3.63) is 47.3 Å². The molecule has 3 aromatic rings. The molecule has 0 saturated carbocycles. The van der Waals surface area contributed by atoms with Crippen molar-refractivity contribution in [2.45, 2.75) is 40.0 Å². The molecule has 1 N–H and O–H groups in total. The fourth-order valence-corrected chi connectivity index (χ4v) is 4.49. The molecular formula is C21H27N5O3S. The number of carbonyl (C=O) groups excluding carboxylic acids is 1. The molecule has 1 aromatic carbocycles. The van der Waals surface area contributed by atoms with Gasteiger partial charge in [0.25, 0.3) is 5.91 Å². The number of carbonyl (C=O) groups is 1. The highest BCUT2D eigenvalue weighted by Gasteiger charge is 2.18. The number of amides is 1. The van der Waals surface area contributed by atoms with Crippen LogP contribution >= 0.6 is 0 Å². The van der Waals surface area contributed by atoms with Gasteiger partial charge in [0, 0.05) is 24.1 Å². The van der Waals surface area contributed by atoms with Crippen LogP contribution in [0, 0.1) is 13.8 Å². The van der Waals surface area contributed by atoms with Gasteiger partial charge in [0.2, 0.25) is 10.0 Å². The van der Waals surface area contributed by atoms with Gasteiger partial charge in [0.1, 0.15) is 0 Å². The highest BCUT2D eigenvalue weighted by Crippen LogP contribution is 2.25. The predicted octanol–water partition coefficient (Wildman–Crippen LogP) is 3.03. The summed E-state index contributed by atoms with van der Waals surface area (Å²) in [5.41, 5.74) is 3.22. The van der Waals surface area contributed by atoms with Gasteiger partial charge >= 0.3 is 0 Å². The molecule has 2 heterocycles. The van der Waals surface area contributed by atoms with Gasteiger partial charge in [-0.1, -0.05) is 38.0 Å². The Morgan fingerprint density at radius 2 is 1.87 bits per heavy atom. The quantitative estimate of drug-likeness (QED) is 0.438. The first kappa shape index (κ1) is 21.8. The van der Waals surface area contributed by atoms with E-state index >= 15 is 0 Å². The van der Waals surface area contributed by atoms with E-state index in [2.05, 4.69) is 14.9 Å². The highest BCUT2D eigenvalue weighted by molar-refractivity contribution is 7.90. The zero-order valence-electron chi connectivity index (χ0n) is 17.7. The topological polar surface area (TPSA) is 98.9 Å². The minimum atomic E-state index is -3.64. The van der Waals surface area contributed by atoms with E-state index in [0.29, 0.717) is 23.5 Å². The van der Waals surface area contributed by atoms with Crippen molar-refractivity contribution < 1.29 is 13.2 Å². The number of sulfonamides is 1. The normalized spacial score (nSPS) is 12.1. The lowest BCUT2D eigenvalue weighted by atomic mass is 10.2. The van der Waals surface area contributed by atoms with Gasteiger partial charge in [-0.05, 0) is 32.4 Å². The van der Waals surface area contributed by atoms with Gasteiger partial charge in [-0.25, -0.2) is 17.8 Å². The standard InChI is InChI=1S/C21H27N5O3S/c1-5-6-9-14-30(28,29)24-20(27)13-12-18-16(3)22-25(4)21(18)26-19-11-8-7-10-17(19)15(2)23-26/h7-8,10-13H,5-6,9,14H2,1-4H3,(H,24,27). The molecule has 1 amide bonds. The molecule has 2 aromatic heterocycles. The van der Waals surface area contributed by atoms with Crippen LogP contribution in [-0.4, -0.2) is 39.6 Å². The van der Waals surface area contributed by atoms with Crippen molar-refractivity contribution in [1.82, 2.24) is 24.3 Å². The second kappa shape index (κ2) is 8.83. The summed E-state index contributed by atoms with van der Waals surface area (Å²) < 4.78 is 29.7. The van der Waals surface area contributed by atoms with E-state index in [1.807, 2.05) is 52.1 Å². The van der Waals surface area contributed by atoms with Crippen LogP contribution in [0.15, 0.2) is 30.3 Å². The second-order valence-corrected chi connectivity index (χ2v) is 9.13. The van der Waals surface area contributed by atoms with Crippen molar-refractivity contribution in [2.75, 3.05) is 5.75 Å². The van der Waals surface area contributed by atoms with Gasteiger partial charge in [-0.2, -0.15) is 10.2 Å². The summed E-state index contributed by atoms with van der Waals surface area (Å²) in [5.74, 6) is -0.0373. The van der Waals surface area contributed by atoms with Crippen molar-refractivity contribution in [1.29, 1.82) is 0 Å². The van der Waals surface area contributed by atoms with Crippen molar-refractivity contribution in [3.8, 4) is 5.82 Å². The molecule has 0 aliphatic heterocycles. The van der Waals surface area contributed by atoms with Gasteiger partial charge in [-0.15, -0.1) is 0 Å². The van der Waals surface area contributed by atoms with Crippen LogP contribution < -0.4 is 4.72 Å². The molecule has 0 fully saturated rings. The summed E-state index contributed by atoms with van der Waals surface area (Å²) in [7, 11) is -1.83. The molecule has 3 rings (SSSR count). The summed E-state index contributed by atoms with van der Waals surface area (Å²) >= 11 is 0. The number of hydrogen-bond donors (Lipinski definition) is 1. The number of unbranched alkanes of at least 4 members (excludes halogenated alkanes) is 2. The Labute approximate surface area is 176 Å². The number of rotatable bonds is 8. The predicted molar refractivity (Wildman–Crippen MR) is 118 cm³/mol. The van der Waals surface area contributed by atoms with Crippen LogP contribution in [0.2, 0.25) is 0 Å². The van der Waals surface area contributed by atoms with Crippen LogP contribution in [0.1, 0.15) is 43.1 Å². The maximum Gasteiger partial charge on any atom is 0.257 e. The van der Waals surface area contributed by atoms with Gasteiger partial charge < -0.3 is 0 Å². The average Bonchev–Trinajstić information content (AvgIpc) is 3.15. The van der Waals surface area contributed by atoms with E-state index in [9.17, 15) is 13.2 Å². The van der Waals surface area contributed by atoms with E-state index in [4.69, 9.17) is 0 Å². The smallest absolute Gasteiger partial charge is 0.257 e. The molecule has 0 radical (unpaired) electrons. The molecule has 0 spiro atoms. The lowest BCUT2D eigenvalue weighted by Gasteiger charge is -2.06. The Bertz CT molecular complexity index is 1200. The first-order valence-electron chi connectivity index (χ1n) is 9.94. The van der Waals surface area contributed by atoms with E-state index < -0.39 is 15.9 Å². The summed E-state index contributed by atoms with van der Waals surface area (Å²) in [6.07, 6.45) is 5.05. The maximum atomic E-state index is 12.2. The third-order valence-electron chi connectivity index (χ3n) is 4.88. The molecule has 0 aliphatic carbocycles. The molecule has 8 nitrogen and oxygen atoms in total. The van der Waals surface area contributed by atoms with Gasteiger partial charge in [0.15, 0.2) is 5.82 Å². The second-order valence-electron chi connectivity index (χ2n) is 7.29. The first-order valence-corrected chi connectivity index (χ1v) is 11.6. The van der Waals surface area contributed by atoms with Crippen LogP contribution in [0.4, 0.5) is 0 Å². The summed E-state index contributed by atoms with van der Waals surface area (Å²) in [6.45, 7) is 5.77. The van der Waals surface area contributed by atoms with E-state index in [1.54, 1.807) is 15.4 Å². The van der Waals surface area contributed by atoms with E-state index in [-0.39, 0.29) is 5.75 Å². The zero-order valence-corrected chi connectivity index (χ0v) is 18.5. The molecular weight excluding hydrogens is 402 g/mol. The Balaban J connectivity index is 1.90. The zero-order chi connectivity index (χ0) is 21.9. The Hall–Kier alpha value is -2.94. The van der Waals surface area contributed by atoms with E-state index in [1.165, 1.54) is 6.08 Å². The molecule has 0 atom stereocenters. The highest BCUT2D eigenvalue weighted by atomic mass is 32.2. The van der Waals surface area contributed by atoms with Crippen LogP contribution in [-0.2, 0) is 21.9 Å². The minimum Gasteiger partial charge on any atom is -0.269 e. The van der Waals surface area contributed by atoms with Gasteiger partial charge in [-0.3, -0.25) is 9.48 Å². The largest absolute Gasteiger partial charge is 0.269 e. The monoisotopic (exact) mass is 429 g/mol. The number of aryl methyl sites for hydroxylation is 3. The number of nitrogens with one attached hydrogen (secondary N) is 1. The molecule has 30 heavy (non-hydrogen) atoms. The molecule has 0 unspecified atom stereocenters. The molecule has 0 aliphatic rings. The molecule has 0 bridgehead atoms. The molecule has 9 heteroatoms. The number of benzene rings is 1. The van der Waals surface area contributed by atoms with Crippen LogP contribution in [0.5, 0.6) is 0 Å². The third kappa shape index (κ3) is 4.62. The third-order valence-corrected chi connectivity index (χ3v) is 6.22. The summed E-state index contributed by atoms with van der Waals surface area (Å²) in [5, 5.41) is 10.1.